The van der Waals surface area contributed by atoms with Gasteiger partial charge in [-0.3, -0.25) is 4.79 Å². The minimum absolute atomic E-state index is 0.0554. The van der Waals surface area contributed by atoms with Crippen molar-refractivity contribution < 1.29 is 22.7 Å². The average Bonchev–Trinajstić information content (AvgIpc) is 2.15. The van der Waals surface area contributed by atoms with Gasteiger partial charge in [-0.2, -0.15) is 13.2 Å². The average molecular weight is 311 g/mol. The van der Waals surface area contributed by atoms with E-state index in [9.17, 15) is 18.0 Å². The Morgan fingerprint density at radius 1 is 1.41 bits per heavy atom. The second-order valence-corrected chi connectivity index (χ2v) is 4.14. The Hall–Kier alpha value is -1.04. The molecule has 0 aliphatic heterocycles. The Labute approximate surface area is 105 Å². The van der Waals surface area contributed by atoms with Crippen LogP contribution in [-0.4, -0.2) is 12.4 Å². The van der Waals surface area contributed by atoms with Gasteiger partial charge in [0.15, 0.2) is 5.78 Å². The quantitative estimate of drug-likeness (QED) is 0.787. The minimum Gasteiger partial charge on any atom is -0.492 e. The second kappa shape index (κ2) is 5.08. The number of carbonyl (C=O) groups is 1. The van der Waals surface area contributed by atoms with E-state index in [4.69, 9.17) is 4.74 Å². The third-order valence-corrected chi connectivity index (χ3v) is 2.72. The summed E-state index contributed by atoms with van der Waals surface area (Å²) >= 11 is 2.82. The Bertz CT molecular complexity index is 441. The largest absolute Gasteiger partial charge is 0.492 e. The van der Waals surface area contributed by atoms with E-state index in [1.807, 2.05) is 0 Å². The molecule has 94 valence electrons. The Kier molecular flexibility index (Phi) is 4.19. The number of ketones is 1. The topological polar surface area (TPSA) is 26.3 Å². The highest BCUT2D eigenvalue weighted by Gasteiger charge is 2.38. The third-order valence-electron chi connectivity index (χ3n) is 2.06. The fraction of sp³-hybridized carbons (Fsp3) is 0.364. The van der Waals surface area contributed by atoms with Crippen LogP contribution in [0.2, 0.25) is 0 Å². The van der Waals surface area contributed by atoms with Crippen LogP contribution in [0.25, 0.3) is 0 Å². The summed E-state index contributed by atoms with van der Waals surface area (Å²) in [6.07, 6.45) is -4.57. The van der Waals surface area contributed by atoms with E-state index in [2.05, 4.69) is 15.9 Å². The second-order valence-electron chi connectivity index (χ2n) is 3.29. The lowest BCUT2D eigenvalue weighted by Crippen LogP contribution is -2.13. The van der Waals surface area contributed by atoms with Crippen molar-refractivity contribution >= 4 is 21.7 Å². The monoisotopic (exact) mass is 310 g/mol. The molecule has 1 aromatic rings. The zero-order valence-electron chi connectivity index (χ0n) is 9.19. The van der Waals surface area contributed by atoms with Gasteiger partial charge in [-0.15, -0.1) is 0 Å². The smallest absolute Gasteiger partial charge is 0.421 e. The van der Waals surface area contributed by atoms with Gasteiger partial charge in [-0.1, -0.05) is 15.9 Å². The van der Waals surface area contributed by atoms with Crippen molar-refractivity contribution in [2.75, 3.05) is 6.61 Å². The standard InChI is InChI=1S/C11H10BrF3O2/c1-3-17-10-7(6(2)16)4-5-8(12)9(10)11(13,14)15/h4-5H,3H2,1-2H3. The van der Waals surface area contributed by atoms with Crippen LogP contribution in [0.5, 0.6) is 5.75 Å². The summed E-state index contributed by atoms with van der Waals surface area (Å²) < 4.78 is 43.4. The molecule has 0 radical (unpaired) electrons. The highest BCUT2D eigenvalue weighted by Crippen LogP contribution is 2.43. The summed E-state index contributed by atoms with van der Waals surface area (Å²) in [5.74, 6) is -0.881. The first-order chi connectivity index (χ1) is 7.79. The summed E-state index contributed by atoms with van der Waals surface area (Å²) in [5.41, 5.74) is -1.02. The number of halogens is 4. The predicted octanol–water partition coefficient (Wildman–Crippen LogP) is 4.07. The molecule has 1 aromatic carbocycles. The lowest BCUT2D eigenvalue weighted by Gasteiger charge is -2.17. The van der Waals surface area contributed by atoms with Crippen molar-refractivity contribution in [3.8, 4) is 5.75 Å². The number of carbonyl (C=O) groups excluding carboxylic acids is 1. The molecule has 0 bridgehead atoms. The molecule has 0 atom stereocenters. The van der Waals surface area contributed by atoms with Gasteiger partial charge in [-0.25, -0.2) is 0 Å². The molecule has 0 N–H and O–H groups in total. The van der Waals surface area contributed by atoms with E-state index in [0.717, 1.165) is 0 Å². The summed E-state index contributed by atoms with van der Waals surface area (Å²) in [4.78, 5) is 11.3. The molecule has 0 saturated carbocycles. The van der Waals surface area contributed by atoms with Crippen molar-refractivity contribution in [2.45, 2.75) is 20.0 Å². The minimum atomic E-state index is -4.57. The van der Waals surface area contributed by atoms with Gasteiger partial charge in [0.05, 0.1) is 12.2 Å². The molecular weight excluding hydrogens is 301 g/mol. The Morgan fingerprint density at radius 2 is 2.00 bits per heavy atom. The van der Waals surface area contributed by atoms with Gasteiger partial charge in [0.2, 0.25) is 0 Å². The number of hydrogen-bond acceptors (Lipinski definition) is 2. The molecule has 0 spiro atoms. The number of hydrogen-bond donors (Lipinski definition) is 0. The SMILES string of the molecule is CCOc1c(C(C)=O)ccc(Br)c1C(F)(F)F. The highest BCUT2D eigenvalue weighted by atomic mass is 79.9. The first kappa shape index (κ1) is 14.0. The Balaban J connectivity index is 3.54. The lowest BCUT2D eigenvalue weighted by atomic mass is 10.1. The predicted molar refractivity (Wildman–Crippen MR) is 60.3 cm³/mol. The van der Waals surface area contributed by atoms with Crippen LogP contribution in [0.3, 0.4) is 0 Å². The Morgan fingerprint density at radius 3 is 2.41 bits per heavy atom. The van der Waals surface area contributed by atoms with E-state index in [-0.39, 0.29) is 16.6 Å². The van der Waals surface area contributed by atoms with Crippen LogP contribution in [-0.2, 0) is 6.18 Å². The van der Waals surface area contributed by atoms with Gasteiger partial charge < -0.3 is 4.74 Å². The van der Waals surface area contributed by atoms with Gasteiger partial charge in [0.1, 0.15) is 11.3 Å². The lowest BCUT2D eigenvalue weighted by molar-refractivity contribution is -0.139. The molecule has 0 amide bonds. The van der Waals surface area contributed by atoms with Crippen LogP contribution in [0.1, 0.15) is 29.8 Å². The summed E-state index contributed by atoms with van der Waals surface area (Å²) in [6, 6.07) is 2.51. The zero-order valence-corrected chi connectivity index (χ0v) is 10.8. The van der Waals surface area contributed by atoms with Gasteiger partial charge in [0.25, 0.3) is 0 Å². The molecular formula is C11H10BrF3O2. The molecule has 0 fully saturated rings. The molecule has 0 saturated heterocycles. The van der Waals surface area contributed by atoms with Crippen LogP contribution < -0.4 is 4.74 Å². The molecule has 0 aliphatic carbocycles. The van der Waals surface area contributed by atoms with Crippen molar-refractivity contribution in [1.29, 1.82) is 0 Å². The van der Waals surface area contributed by atoms with E-state index in [0.29, 0.717) is 0 Å². The van der Waals surface area contributed by atoms with Crippen molar-refractivity contribution in [1.82, 2.24) is 0 Å². The van der Waals surface area contributed by atoms with Crippen LogP contribution in [0.15, 0.2) is 16.6 Å². The molecule has 0 aromatic heterocycles. The molecule has 17 heavy (non-hydrogen) atoms. The maximum Gasteiger partial charge on any atom is 0.421 e. The van der Waals surface area contributed by atoms with E-state index in [1.165, 1.54) is 19.1 Å². The van der Waals surface area contributed by atoms with Gasteiger partial charge >= 0.3 is 6.18 Å². The number of ether oxygens (including phenoxy) is 1. The van der Waals surface area contributed by atoms with Crippen molar-refractivity contribution in [2.24, 2.45) is 0 Å². The first-order valence-corrected chi connectivity index (χ1v) is 5.61. The maximum absolute atomic E-state index is 12.9. The van der Waals surface area contributed by atoms with Crippen LogP contribution >= 0.6 is 15.9 Å². The third kappa shape index (κ3) is 3.00. The summed E-state index contributed by atoms with van der Waals surface area (Å²) in [6.45, 7) is 2.82. The highest BCUT2D eigenvalue weighted by molar-refractivity contribution is 9.10. The van der Waals surface area contributed by atoms with Gasteiger partial charge in [-0.05, 0) is 26.0 Å². The molecule has 6 heteroatoms. The normalized spacial score (nSPS) is 11.4. The zero-order chi connectivity index (χ0) is 13.2. The van der Waals surface area contributed by atoms with Crippen LogP contribution in [0, 0.1) is 0 Å². The van der Waals surface area contributed by atoms with Crippen molar-refractivity contribution in [3.63, 3.8) is 0 Å². The summed E-state index contributed by atoms with van der Waals surface area (Å²) in [7, 11) is 0. The molecule has 0 unspecified atom stereocenters. The van der Waals surface area contributed by atoms with E-state index >= 15 is 0 Å². The number of alkyl halides is 3. The summed E-state index contributed by atoms with van der Waals surface area (Å²) in [5, 5.41) is 0. The van der Waals surface area contributed by atoms with Gasteiger partial charge in [0, 0.05) is 4.47 Å². The fourth-order valence-electron chi connectivity index (χ4n) is 1.39. The van der Waals surface area contributed by atoms with Crippen LogP contribution in [0.4, 0.5) is 13.2 Å². The maximum atomic E-state index is 12.9. The molecule has 2 nitrogen and oxygen atoms in total. The molecule has 0 heterocycles. The number of benzene rings is 1. The fourth-order valence-corrected chi connectivity index (χ4v) is 1.93. The van der Waals surface area contributed by atoms with Crippen molar-refractivity contribution in [3.05, 3.63) is 27.7 Å². The number of Topliss-reactive ketones (excluding diaryl/α,β-unsaturated/α-hetero) is 1. The first-order valence-electron chi connectivity index (χ1n) is 4.82. The van der Waals surface area contributed by atoms with E-state index < -0.39 is 23.3 Å². The molecule has 1 rings (SSSR count). The molecule has 0 aliphatic rings. The van der Waals surface area contributed by atoms with E-state index in [1.54, 1.807) is 6.92 Å². The number of rotatable bonds is 3.